The number of aliphatic hydroxyl groups is 1. The van der Waals surface area contributed by atoms with Gasteiger partial charge in [-0.2, -0.15) is 0 Å². The number of carboxylic acid groups (broad SMARTS) is 1. The number of aliphatic hydroxyl groups excluding tert-OH is 1. The van der Waals surface area contributed by atoms with Crippen molar-refractivity contribution in [2.45, 2.75) is 58.5 Å². The highest BCUT2D eigenvalue weighted by Crippen LogP contribution is 2.41. The van der Waals surface area contributed by atoms with E-state index in [1.807, 2.05) is 0 Å². The fraction of sp³-hybridized carbons (Fsp3) is 0.929. The van der Waals surface area contributed by atoms with Crippen LogP contribution < -0.4 is 0 Å². The van der Waals surface area contributed by atoms with Crippen LogP contribution >= 0.6 is 0 Å². The Balaban J connectivity index is 2.75. The van der Waals surface area contributed by atoms with Gasteiger partial charge in [0.25, 0.3) is 0 Å². The molecule has 2 unspecified atom stereocenters. The van der Waals surface area contributed by atoms with Gasteiger partial charge in [0.05, 0.1) is 13.2 Å². The Morgan fingerprint density at radius 2 is 2.00 bits per heavy atom. The van der Waals surface area contributed by atoms with Crippen LogP contribution in [0.5, 0.6) is 0 Å². The van der Waals surface area contributed by atoms with Gasteiger partial charge in [-0.25, -0.2) is 4.79 Å². The van der Waals surface area contributed by atoms with Gasteiger partial charge in [0, 0.05) is 0 Å². The van der Waals surface area contributed by atoms with E-state index in [2.05, 4.69) is 20.8 Å². The summed E-state index contributed by atoms with van der Waals surface area (Å²) >= 11 is 0. The van der Waals surface area contributed by atoms with Gasteiger partial charge in [-0.1, -0.05) is 20.8 Å². The first-order valence-electron chi connectivity index (χ1n) is 6.80. The molecule has 1 rings (SSSR count). The molecule has 106 valence electrons. The summed E-state index contributed by atoms with van der Waals surface area (Å²) in [6.07, 6.45) is 3.90. The molecule has 1 aliphatic rings. The minimum absolute atomic E-state index is 0.104. The molecule has 4 nitrogen and oxygen atoms in total. The summed E-state index contributed by atoms with van der Waals surface area (Å²) in [6.45, 7) is 6.60. The van der Waals surface area contributed by atoms with Crippen LogP contribution in [0.4, 0.5) is 0 Å². The average molecular weight is 258 g/mol. The molecule has 0 aliphatic heterocycles. The van der Waals surface area contributed by atoms with Crippen LogP contribution in [0.1, 0.15) is 52.9 Å². The van der Waals surface area contributed by atoms with Crippen molar-refractivity contribution in [3.8, 4) is 0 Å². The van der Waals surface area contributed by atoms with Crippen molar-refractivity contribution in [2.24, 2.45) is 11.3 Å². The standard InChI is InChI=1S/C14H26O4/c1-13(2,3)11-5-4-7-14(8-6-11,12(16)17)18-10-9-15/h11,15H,4-10H2,1-3H3,(H,16,17). The molecule has 0 saturated heterocycles. The lowest BCUT2D eigenvalue weighted by Gasteiger charge is -2.31. The largest absolute Gasteiger partial charge is 0.479 e. The number of hydrogen-bond donors (Lipinski definition) is 2. The molecule has 2 N–H and O–H groups in total. The molecule has 1 fully saturated rings. The molecule has 0 radical (unpaired) electrons. The second kappa shape index (κ2) is 6.02. The summed E-state index contributed by atoms with van der Waals surface area (Å²) in [6, 6.07) is 0. The highest BCUT2D eigenvalue weighted by molar-refractivity contribution is 5.77. The van der Waals surface area contributed by atoms with E-state index >= 15 is 0 Å². The second-order valence-electron chi connectivity index (χ2n) is 6.37. The van der Waals surface area contributed by atoms with Gasteiger partial charge in [0.15, 0.2) is 5.60 Å². The molecular weight excluding hydrogens is 232 g/mol. The first-order valence-corrected chi connectivity index (χ1v) is 6.80. The fourth-order valence-electron chi connectivity index (χ4n) is 2.84. The zero-order valence-corrected chi connectivity index (χ0v) is 11.7. The van der Waals surface area contributed by atoms with Crippen molar-refractivity contribution in [1.29, 1.82) is 0 Å². The minimum atomic E-state index is -1.08. The summed E-state index contributed by atoms with van der Waals surface area (Å²) in [7, 11) is 0. The topological polar surface area (TPSA) is 66.8 Å². The van der Waals surface area contributed by atoms with E-state index in [-0.39, 0.29) is 18.6 Å². The Bertz CT molecular complexity index is 282. The number of ether oxygens (including phenoxy) is 1. The van der Waals surface area contributed by atoms with E-state index in [0.717, 1.165) is 19.3 Å². The van der Waals surface area contributed by atoms with Crippen molar-refractivity contribution in [3.63, 3.8) is 0 Å². The lowest BCUT2D eigenvalue weighted by atomic mass is 9.76. The number of rotatable bonds is 4. The van der Waals surface area contributed by atoms with E-state index < -0.39 is 11.6 Å². The van der Waals surface area contributed by atoms with Crippen LogP contribution in [0.2, 0.25) is 0 Å². The normalized spacial score (nSPS) is 29.9. The molecule has 0 aromatic heterocycles. The van der Waals surface area contributed by atoms with Gasteiger partial charge in [-0.3, -0.25) is 0 Å². The van der Waals surface area contributed by atoms with E-state index in [1.54, 1.807) is 0 Å². The van der Waals surface area contributed by atoms with Crippen molar-refractivity contribution >= 4 is 5.97 Å². The van der Waals surface area contributed by atoms with E-state index in [4.69, 9.17) is 9.84 Å². The van der Waals surface area contributed by atoms with Crippen molar-refractivity contribution in [2.75, 3.05) is 13.2 Å². The van der Waals surface area contributed by atoms with Crippen LogP contribution in [0.3, 0.4) is 0 Å². The lowest BCUT2D eigenvalue weighted by Crippen LogP contribution is -2.42. The lowest BCUT2D eigenvalue weighted by molar-refractivity contribution is -0.169. The third-order valence-corrected chi connectivity index (χ3v) is 4.11. The minimum Gasteiger partial charge on any atom is -0.479 e. The quantitative estimate of drug-likeness (QED) is 0.760. The third-order valence-electron chi connectivity index (χ3n) is 4.11. The first kappa shape index (κ1) is 15.4. The number of carboxylic acids is 1. The monoisotopic (exact) mass is 258 g/mol. The predicted octanol–water partition coefficient (Wildman–Crippen LogP) is 2.45. The molecule has 4 heteroatoms. The molecule has 0 aromatic rings. The van der Waals surface area contributed by atoms with Gasteiger partial charge in [0.2, 0.25) is 0 Å². The van der Waals surface area contributed by atoms with Crippen molar-refractivity contribution in [3.05, 3.63) is 0 Å². The second-order valence-corrected chi connectivity index (χ2v) is 6.37. The van der Waals surface area contributed by atoms with Gasteiger partial charge < -0.3 is 14.9 Å². The zero-order valence-electron chi connectivity index (χ0n) is 11.7. The average Bonchev–Trinajstić information content (AvgIpc) is 2.49. The molecular formula is C14H26O4. The highest BCUT2D eigenvalue weighted by atomic mass is 16.5. The number of hydrogen-bond acceptors (Lipinski definition) is 3. The maximum Gasteiger partial charge on any atom is 0.335 e. The SMILES string of the molecule is CC(C)(C)C1CCCC(OCCO)(C(=O)O)CC1. The first-order chi connectivity index (χ1) is 8.32. The van der Waals surface area contributed by atoms with Crippen LogP contribution in [0.15, 0.2) is 0 Å². The summed E-state index contributed by atoms with van der Waals surface area (Å²) in [5.41, 5.74) is -0.867. The Morgan fingerprint density at radius 1 is 1.33 bits per heavy atom. The van der Waals surface area contributed by atoms with Gasteiger partial charge >= 0.3 is 5.97 Å². The van der Waals surface area contributed by atoms with Crippen LogP contribution in [0, 0.1) is 11.3 Å². The van der Waals surface area contributed by atoms with Crippen LogP contribution in [-0.2, 0) is 9.53 Å². The Morgan fingerprint density at radius 3 is 2.50 bits per heavy atom. The van der Waals surface area contributed by atoms with E-state index in [0.29, 0.717) is 18.8 Å². The third kappa shape index (κ3) is 3.69. The molecule has 2 atom stereocenters. The number of aliphatic carboxylic acids is 1. The Hall–Kier alpha value is -0.610. The summed E-state index contributed by atoms with van der Waals surface area (Å²) in [5.74, 6) is -0.345. The van der Waals surface area contributed by atoms with Gasteiger partial charge in [-0.05, 0) is 43.4 Å². The smallest absolute Gasteiger partial charge is 0.335 e. The molecule has 0 heterocycles. The van der Waals surface area contributed by atoms with Gasteiger partial charge in [0.1, 0.15) is 0 Å². The van der Waals surface area contributed by atoms with Crippen LogP contribution in [-0.4, -0.2) is 35.0 Å². The zero-order chi connectivity index (χ0) is 13.8. The van der Waals surface area contributed by atoms with Gasteiger partial charge in [-0.15, -0.1) is 0 Å². The number of carbonyl (C=O) groups is 1. The van der Waals surface area contributed by atoms with Crippen molar-refractivity contribution < 1.29 is 19.7 Å². The fourth-order valence-corrected chi connectivity index (χ4v) is 2.84. The van der Waals surface area contributed by atoms with Crippen LogP contribution in [0.25, 0.3) is 0 Å². The Labute approximate surface area is 109 Å². The molecule has 1 aliphatic carbocycles. The summed E-state index contributed by atoms with van der Waals surface area (Å²) in [4.78, 5) is 11.5. The molecule has 0 spiro atoms. The predicted molar refractivity (Wildman–Crippen MR) is 69.4 cm³/mol. The summed E-state index contributed by atoms with van der Waals surface area (Å²) in [5, 5.41) is 18.2. The molecule has 0 aromatic carbocycles. The van der Waals surface area contributed by atoms with E-state index in [1.165, 1.54) is 0 Å². The highest BCUT2D eigenvalue weighted by Gasteiger charge is 2.42. The molecule has 0 bridgehead atoms. The van der Waals surface area contributed by atoms with E-state index in [9.17, 15) is 9.90 Å². The Kier molecular flexibility index (Phi) is 5.17. The maximum atomic E-state index is 11.5. The van der Waals surface area contributed by atoms with Crippen molar-refractivity contribution in [1.82, 2.24) is 0 Å². The molecule has 1 saturated carbocycles. The maximum absolute atomic E-state index is 11.5. The molecule has 18 heavy (non-hydrogen) atoms. The summed E-state index contributed by atoms with van der Waals surface area (Å²) < 4.78 is 5.47. The molecule has 0 amide bonds.